The van der Waals surface area contributed by atoms with E-state index in [0.29, 0.717) is 22.4 Å². The zero-order valence-electron chi connectivity index (χ0n) is 22.8. The summed E-state index contributed by atoms with van der Waals surface area (Å²) in [5.41, 5.74) is -0.994. The number of fused-ring (bicyclic) bond motifs is 2. The Bertz CT molecular complexity index is 1450. The highest BCUT2D eigenvalue weighted by Crippen LogP contribution is 2.60. The van der Waals surface area contributed by atoms with Crippen molar-refractivity contribution in [2.24, 2.45) is 0 Å². The molecule has 3 aromatic rings. The van der Waals surface area contributed by atoms with Crippen LogP contribution in [0, 0.1) is 10.1 Å². The molecule has 3 aromatic carbocycles. The van der Waals surface area contributed by atoms with Gasteiger partial charge in [-0.15, -0.1) is 0 Å². The van der Waals surface area contributed by atoms with Crippen molar-refractivity contribution in [3.8, 4) is 5.75 Å². The Morgan fingerprint density at radius 1 is 1.02 bits per heavy atom. The summed E-state index contributed by atoms with van der Waals surface area (Å²) in [7, 11) is 1.49. The minimum Gasteiger partial charge on any atom is -0.497 e. The molecule has 1 fully saturated rings. The van der Waals surface area contributed by atoms with E-state index in [1.165, 1.54) is 7.11 Å². The average Bonchev–Trinajstić information content (AvgIpc) is 3.18. The molecule has 0 radical (unpaired) electrons. The number of amides is 2. The van der Waals surface area contributed by atoms with Crippen LogP contribution in [0.15, 0.2) is 78.9 Å². The van der Waals surface area contributed by atoms with Gasteiger partial charge in [0.05, 0.1) is 30.7 Å². The van der Waals surface area contributed by atoms with Crippen LogP contribution >= 0.6 is 0 Å². The topological polar surface area (TPSA) is 119 Å². The normalized spacial score (nSPS) is 25.9. The molecule has 5 atom stereocenters. The van der Waals surface area contributed by atoms with Crippen molar-refractivity contribution < 1.29 is 29.1 Å². The van der Waals surface area contributed by atoms with Gasteiger partial charge in [-0.25, -0.2) is 9.69 Å². The predicted molar refractivity (Wildman–Crippen MR) is 148 cm³/mol. The van der Waals surface area contributed by atoms with Gasteiger partial charge in [-0.2, -0.15) is 0 Å². The standard InChI is InChI=1S/C31H32N2O7/c1-30(2,3)40-29(36)32-24-16-9-8-15-23(24)31(28(32)35)25(34)18-22(19-11-6-5-7-12-19)27(33(37)38)26(31)20-13-10-14-21(17-20)39-4/h5-17,22,25-27,34H,18H2,1-4H3/t22-,25-,26-,27-,31-/m0/s1. The lowest BCUT2D eigenvalue weighted by Gasteiger charge is -2.47. The summed E-state index contributed by atoms with van der Waals surface area (Å²) in [6.07, 6.45) is -2.31. The molecule has 0 aromatic heterocycles. The van der Waals surface area contributed by atoms with Crippen molar-refractivity contribution in [2.45, 2.75) is 62.2 Å². The number of carbonyl (C=O) groups excluding carboxylic acids is 2. The lowest BCUT2D eigenvalue weighted by molar-refractivity contribution is -0.537. The fraction of sp³-hybridized carbons (Fsp3) is 0.355. The molecule has 1 aliphatic heterocycles. The maximum Gasteiger partial charge on any atom is 0.421 e. The van der Waals surface area contributed by atoms with Crippen molar-refractivity contribution in [3.63, 3.8) is 0 Å². The first-order chi connectivity index (χ1) is 19.0. The Hall–Kier alpha value is -4.24. The molecule has 2 aliphatic rings. The van der Waals surface area contributed by atoms with E-state index in [4.69, 9.17) is 9.47 Å². The Labute approximate surface area is 232 Å². The summed E-state index contributed by atoms with van der Waals surface area (Å²) in [6, 6.07) is 21.1. The molecule has 0 saturated heterocycles. The number of aliphatic hydroxyl groups excluding tert-OH is 1. The maximum atomic E-state index is 14.6. The summed E-state index contributed by atoms with van der Waals surface area (Å²) >= 11 is 0. The number of nitro groups is 1. The number of benzene rings is 3. The second kappa shape index (κ2) is 10.1. The fourth-order valence-electron chi connectivity index (χ4n) is 6.41. The van der Waals surface area contributed by atoms with Crippen LogP contribution < -0.4 is 9.64 Å². The minimum absolute atomic E-state index is 0.0572. The number of methoxy groups -OCH3 is 1. The van der Waals surface area contributed by atoms with Gasteiger partial charge in [0.2, 0.25) is 6.04 Å². The zero-order chi connectivity index (χ0) is 28.8. The van der Waals surface area contributed by atoms with Gasteiger partial charge in [0.25, 0.3) is 5.91 Å². The van der Waals surface area contributed by atoms with E-state index in [9.17, 15) is 24.8 Å². The third kappa shape index (κ3) is 4.30. The summed E-state index contributed by atoms with van der Waals surface area (Å²) in [5.74, 6) is -2.15. The first-order valence-electron chi connectivity index (χ1n) is 13.2. The van der Waals surface area contributed by atoms with Crippen LogP contribution in [0.3, 0.4) is 0 Å². The molecule has 2 amide bonds. The highest BCUT2D eigenvalue weighted by molar-refractivity contribution is 6.22. The summed E-state index contributed by atoms with van der Waals surface area (Å²) in [6.45, 7) is 5.07. The predicted octanol–water partition coefficient (Wildman–Crippen LogP) is 5.19. The number of aliphatic hydroxyl groups is 1. The first kappa shape index (κ1) is 27.3. The van der Waals surface area contributed by atoms with Crippen molar-refractivity contribution in [2.75, 3.05) is 12.0 Å². The molecule has 1 spiro atoms. The van der Waals surface area contributed by atoms with Crippen molar-refractivity contribution in [1.29, 1.82) is 0 Å². The van der Waals surface area contributed by atoms with Gasteiger partial charge in [0, 0.05) is 4.92 Å². The molecule has 40 heavy (non-hydrogen) atoms. The number of anilines is 1. The highest BCUT2D eigenvalue weighted by Gasteiger charge is 2.69. The van der Waals surface area contributed by atoms with Gasteiger partial charge in [0.15, 0.2) is 0 Å². The van der Waals surface area contributed by atoms with Gasteiger partial charge in [0.1, 0.15) is 16.8 Å². The number of rotatable bonds is 4. The molecule has 9 nitrogen and oxygen atoms in total. The van der Waals surface area contributed by atoms with Gasteiger partial charge < -0.3 is 14.6 Å². The molecular formula is C31H32N2O7. The Balaban J connectivity index is 1.79. The number of nitrogens with zero attached hydrogens (tertiary/aromatic N) is 2. The van der Waals surface area contributed by atoms with E-state index in [1.807, 2.05) is 6.07 Å². The molecule has 0 bridgehead atoms. The largest absolute Gasteiger partial charge is 0.497 e. The lowest BCUT2D eigenvalue weighted by Crippen LogP contribution is -2.62. The maximum absolute atomic E-state index is 14.6. The van der Waals surface area contributed by atoms with Crippen molar-refractivity contribution in [1.82, 2.24) is 0 Å². The highest BCUT2D eigenvalue weighted by atomic mass is 16.6. The minimum atomic E-state index is -1.83. The Morgan fingerprint density at radius 2 is 1.68 bits per heavy atom. The number of hydrogen-bond acceptors (Lipinski definition) is 7. The van der Waals surface area contributed by atoms with E-state index in [1.54, 1.807) is 93.6 Å². The van der Waals surface area contributed by atoms with Crippen molar-refractivity contribution in [3.05, 3.63) is 106 Å². The molecule has 1 saturated carbocycles. The van der Waals surface area contributed by atoms with Crippen LogP contribution in [0.5, 0.6) is 5.75 Å². The second-order valence-electron chi connectivity index (χ2n) is 11.3. The fourth-order valence-corrected chi connectivity index (χ4v) is 6.41. The molecular weight excluding hydrogens is 512 g/mol. The molecule has 0 unspecified atom stereocenters. The Morgan fingerprint density at radius 3 is 2.33 bits per heavy atom. The number of ether oxygens (including phenoxy) is 2. The quantitative estimate of drug-likeness (QED) is 0.354. The Kier molecular flexibility index (Phi) is 6.87. The summed E-state index contributed by atoms with van der Waals surface area (Å²) in [5, 5.41) is 25.1. The second-order valence-corrected chi connectivity index (χ2v) is 11.3. The van der Waals surface area contributed by atoms with Gasteiger partial charge >= 0.3 is 6.09 Å². The summed E-state index contributed by atoms with van der Waals surface area (Å²) < 4.78 is 11.0. The smallest absolute Gasteiger partial charge is 0.421 e. The molecule has 9 heteroatoms. The zero-order valence-corrected chi connectivity index (χ0v) is 22.8. The van der Waals surface area contributed by atoms with E-state index in [-0.39, 0.29) is 17.0 Å². The third-order valence-corrected chi connectivity index (χ3v) is 7.89. The molecule has 1 aliphatic carbocycles. The van der Waals surface area contributed by atoms with Crippen LogP contribution in [0.1, 0.15) is 55.7 Å². The lowest BCUT2D eigenvalue weighted by atomic mass is 9.54. The number of hydrogen-bond donors (Lipinski definition) is 1. The van der Waals surface area contributed by atoms with Crippen LogP contribution in [-0.4, -0.2) is 46.9 Å². The monoisotopic (exact) mass is 544 g/mol. The van der Waals surface area contributed by atoms with E-state index >= 15 is 0 Å². The van der Waals surface area contributed by atoms with E-state index in [2.05, 4.69) is 0 Å². The van der Waals surface area contributed by atoms with E-state index in [0.717, 1.165) is 4.90 Å². The number of carbonyl (C=O) groups is 2. The van der Waals surface area contributed by atoms with Gasteiger partial charge in [-0.1, -0.05) is 60.7 Å². The van der Waals surface area contributed by atoms with Crippen LogP contribution in [-0.2, 0) is 14.9 Å². The first-order valence-corrected chi connectivity index (χ1v) is 13.2. The van der Waals surface area contributed by atoms with Gasteiger partial charge in [-0.05, 0) is 62.1 Å². The van der Waals surface area contributed by atoms with E-state index < -0.39 is 47.0 Å². The average molecular weight is 545 g/mol. The van der Waals surface area contributed by atoms with Crippen LogP contribution in [0.2, 0.25) is 0 Å². The number of para-hydroxylation sites is 1. The molecule has 1 N–H and O–H groups in total. The summed E-state index contributed by atoms with van der Waals surface area (Å²) in [4.78, 5) is 41.7. The van der Waals surface area contributed by atoms with Crippen LogP contribution in [0.4, 0.5) is 10.5 Å². The van der Waals surface area contributed by atoms with Crippen LogP contribution in [0.25, 0.3) is 0 Å². The van der Waals surface area contributed by atoms with Gasteiger partial charge in [-0.3, -0.25) is 14.9 Å². The SMILES string of the molecule is COc1cccc([C@H]2[C@@H]([N+](=O)[O-])[C@H](c3ccccc3)C[C@H](O)[C@]23C(=O)N(C(=O)OC(C)(C)C)c2ccccc23)c1. The molecule has 1 heterocycles. The third-order valence-electron chi connectivity index (χ3n) is 7.89. The molecule has 208 valence electrons. The van der Waals surface area contributed by atoms with Crippen molar-refractivity contribution >= 4 is 17.7 Å². The molecule has 5 rings (SSSR count). The number of imide groups is 1.